The third kappa shape index (κ3) is 7.82. The van der Waals surface area contributed by atoms with E-state index in [-0.39, 0.29) is 30.6 Å². The number of aliphatic carboxylic acids is 1. The van der Waals surface area contributed by atoms with E-state index in [0.717, 1.165) is 29.2 Å². The van der Waals surface area contributed by atoms with E-state index in [2.05, 4.69) is 20.0 Å². The second kappa shape index (κ2) is 12.7. The van der Waals surface area contributed by atoms with Crippen LogP contribution in [0.3, 0.4) is 0 Å². The highest BCUT2D eigenvalue weighted by atomic mass is 19.4. The summed E-state index contributed by atoms with van der Waals surface area (Å²) in [5.41, 5.74) is -2.46. The highest BCUT2D eigenvalue weighted by molar-refractivity contribution is 5.90. The highest BCUT2D eigenvalue weighted by Gasteiger charge is 2.47. The molecule has 0 unspecified atom stereocenters. The maximum Gasteiger partial charge on any atom is 0.573 e. The fourth-order valence-corrected chi connectivity index (χ4v) is 5.81. The van der Waals surface area contributed by atoms with Crippen molar-refractivity contribution in [3.63, 3.8) is 0 Å². The SMILES string of the molecule is CC(C)(C)[C@@H]1NC(=O)O[C@@H]2CCC[C@H]2OCC=CC(F)(F)c2nc3cc(OC(F)(F)F)ccc3nc2O[C@@H]2C[C@@H](C(=O)O)N(C2)C1=O. The van der Waals surface area contributed by atoms with Gasteiger partial charge in [-0.05, 0) is 42.9 Å². The van der Waals surface area contributed by atoms with Gasteiger partial charge in [-0.2, -0.15) is 8.78 Å². The molecule has 1 aromatic carbocycles. The van der Waals surface area contributed by atoms with Gasteiger partial charge in [0.25, 0.3) is 0 Å². The molecule has 1 saturated heterocycles. The van der Waals surface area contributed by atoms with Gasteiger partial charge in [0.15, 0.2) is 5.69 Å². The Balaban J connectivity index is 1.57. The monoisotopic (exact) mass is 672 g/mol. The summed E-state index contributed by atoms with van der Waals surface area (Å²) in [7, 11) is 0. The van der Waals surface area contributed by atoms with Gasteiger partial charge in [0.1, 0.15) is 30.0 Å². The Hall–Kier alpha value is -4.28. The van der Waals surface area contributed by atoms with Crippen LogP contribution in [0.15, 0.2) is 30.4 Å². The van der Waals surface area contributed by atoms with Gasteiger partial charge >= 0.3 is 24.3 Å². The van der Waals surface area contributed by atoms with Gasteiger partial charge < -0.3 is 34.3 Å². The average molecular weight is 673 g/mol. The molecule has 3 heterocycles. The van der Waals surface area contributed by atoms with Crippen molar-refractivity contribution < 1.29 is 60.4 Å². The number of hydrogen-bond acceptors (Lipinski definition) is 9. The minimum atomic E-state index is -5.05. The first kappa shape index (κ1) is 34.1. The second-order valence-electron chi connectivity index (χ2n) is 12.6. The zero-order chi connectivity index (χ0) is 34.3. The molecule has 2 aliphatic heterocycles. The van der Waals surface area contributed by atoms with Crippen LogP contribution >= 0.6 is 0 Å². The van der Waals surface area contributed by atoms with E-state index >= 15 is 8.78 Å². The number of carbonyl (C=O) groups is 3. The summed E-state index contributed by atoms with van der Waals surface area (Å²) in [4.78, 5) is 48.1. The molecule has 0 radical (unpaired) electrons. The van der Waals surface area contributed by atoms with Crippen molar-refractivity contribution in [3.05, 3.63) is 36.0 Å². The Morgan fingerprint density at radius 3 is 2.49 bits per heavy atom. The zero-order valence-corrected chi connectivity index (χ0v) is 25.6. The molecule has 3 aliphatic rings. The average Bonchev–Trinajstić information content (AvgIpc) is 3.58. The van der Waals surface area contributed by atoms with Crippen LogP contribution in [-0.2, 0) is 25.0 Å². The lowest BCUT2D eigenvalue weighted by Crippen LogP contribution is -2.57. The molecule has 0 spiro atoms. The van der Waals surface area contributed by atoms with Crippen LogP contribution in [0.1, 0.15) is 52.1 Å². The highest BCUT2D eigenvalue weighted by Crippen LogP contribution is 2.38. The van der Waals surface area contributed by atoms with Crippen molar-refractivity contribution in [2.24, 2.45) is 5.41 Å². The molecule has 47 heavy (non-hydrogen) atoms. The Morgan fingerprint density at radius 1 is 1.09 bits per heavy atom. The second-order valence-corrected chi connectivity index (χ2v) is 12.6. The quantitative estimate of drug-likeness (QED) is 0.340. The molecule has 2 bridgehead atoms. The first-order chi connectivity index (χ1) is 21.9. The van der Waals surface area contributed by atoms with Crippen LogP contribution in [0.5, 0.6) is 11.6 Å². The number of nitrogens with zero attached hydrogens (tertiary/aromatic N) is 3. The summed E-state index contributed by atoms with van der Waals surface area (Å²) in [6.45, 7) is 4.30. The van der Waals surface area contributed by atoms with Crippen molar-refractivity contribution in [2.45, 2.75) is 89.1 Å². The Bertz CT molecular complexity index is 1560. The number of nitrogens with one attached hydrogen (secondary N) is 1. The van der Waals surface area contributed by atoms with E-state index in [1.165, 1.54) is 0 Å². The standard InChI is InChI=1S/C30H33F5N4O8/c1-28(2,3)23-25(40)39-14-16(13-19(39)26(41)42)45-24-22(36-18-12-15(47-30(33,34)35)8-9-17(18)37-24)29(31,32)10-5-11-44-20-6-4-7-21(20)46-27(43)38-23/h5,8-10,12,16,19-21,23H,4,6-7,11,13-14H2,1-3H3,(H,38,43)(H,41,42)/t16-,19+,20-,21-,23-/m1/s1. The lowest BCUT2D eigenvalue weighted by Gasteiger charge is -2.35. The van der Waals surface area contributed by atoms with Gasteiger partial charge in [-0.15, -0.1) is 13.2 Å². The number of ether oxygens (including phenoxy) is 4. The van der Waals surface area contributed by atoms with Gasteiger partial charge in [-0.1, -0.05) is 26.8 Å². The fraction of sp³-hybridized carbons (Fsp3) is 0.567. The normalized spacial score (nSPS) is 27.1. The number of allylic oxidation sites excluding steroid dienone is 1. The molecule has 12 nitrogen and oxygen atoms in total. The van der Waals surface area contributed by atoms with Gasteiger partial charge in [0, 0.05) is 12.5 Å². The fourth-order valence-electron chi connectivity index (χ4n) is 5.81. The maximum atomic E-state index is 15.8. The number of aromatic nitrogens is 2. The minimum Gasteiger partial charge on any atom is -0.480 e. The van der Waals surface area contributed by atoms with Gasteiger partial charge in [0.2, 0.25) is 11.8 Å². The van der Waals surface area contributed by atoms with Crippen molar-refractivity contribution >= 4 is 29.0 Å². The Labute approximate surface area is 265 Å². The van der Waals surface area contributed by atoms with Crippen molar-refractivity contribution in [1.29, 1.82) is 0 Å². The number of alkyl carbamates (subject to hydrolysis) is 1. The molecular weight excluding hydrogens is 639 g/mol. The van der Waals surface area contributed by atoms with E-state index in [1.54, 1.807) is 20.8 Å². The predicted molar refractivity (Wildman–Crippen MR) is 152 cm³/mol. The number of amides is 2. The summed E-state index contributed by atoms with van der Waals surface area (Å²) in [5, 5.41) is 12.6. The number of benzene rings is 1. The number of fused-ring (bicyclic) bond motifs is 5. The van der Waals surface area contributed by atoms with Gasteiger partial charge in [-0.25, -0.2) is 19.6 Å². The molecule has 1 saturated carbocycles. The number of carbonyl (C=O) groups excluding carboxylic acids is 2. The van der Waals surface area contributed by atoms with Crippen LogP contribution in [0.4, 0.5) is 26.7 Å². The lowest BCUT2D eigenvalue weighted by molar-refractivity contribution is -0.274. The van der Waals surface area contributed by atoms with Gasteiger partial charge in [-0.3, -0.25) is 4.79 Å². The van der Waals surface area contributed by atoms with Crippen molar-refractivity contribution in [2.75, 3.05) is 13.2 Å². The Morgan fingerprint density at radius 2 is 1.81 bits per heavy atom. The smallest absolute Gasteiger partial charge is 0.480 e. The van der Waals surface area contributed by atoms with E-state index in [1.807, 2.05) is 0 Å². The summed E-state index contributed by atoms with van der Waals surface area (Å²) < 4.78 is 91.0. The Kier molecular flexibility index (Phi) is 9.23. The van der Waals surface area contributed by atoms with Crippen molar-refractivity contribution in [3.8, 4) is 11.6 Å². The molecule has 1 aromatic heterocycles. The molecular formula is C30H33F5N4O8. The number of carboxylic acids is 1. The molecule has 2 N–H and O–H groups in total. The topological polar surface area (TPSA) is 149 Å². The number of rotatable bonds is 2. The van der Waals surface area contributed by atoms with E-state index in [0.29, 0.717) is 25.3 Å². The molecule has 2 amide bonds. The molecule has 5 rings (SSSR count). The molecule has 2 fully saturated rings. The van der Waals surface area contributed by atoms with E-state index in [4.69, 9.17) is 14.2 Å². The van der Waals surface area contributed by atoms with Crippen LogP contribution < -0.4 is 14.8 Å². The molecule has 17 heteroatoms. The molecule has 256 valence electrons. The summed E-state index contributed by atoms with van der Waals surface area (Å²) in [5.74, 6) is -7.49. The number of hydrogen-bond donors (Lipinski definition) is 2. The van der Waals surface area contributed by atoms with Crippen LogP contribution in [0.2, 0.25) is 0 Å². The summed E-state index contributed by atoms with van der Waals surface area (Å²) in [6.07, 6.45) is -5.85. The maximum absolute atomic E-state index is 15.8. The molecule has 5 atom stereocenters. The van der Waals surface area contributed by atoms with Crippen LogP contribution in [0, 0.1) is 5.41 Å². The minimum absolute atomic E-state index is 0.118. The third-order valence-electron chi connectivity index (χ3n) is 8.02. The summed E-state index contributed by atoms with van der Waals surface area (Å²) in [6, 6.07) is 0.0878. The summed E-state index contributed by atoms with van der Waals surface area (Å²) >= 11 is 0. The third-order valence-corrected chi connectivity index (χ3v) is 8.02. The number of alkyl halides is 5. The first-order valence-electron chi connectivity index (χ1n) is 14.8. The van der Waals surface area contributed by atoms with E-state index in [9.17, 15) is 32.7 Å². The van der Waals surface area contributed by atoms with Crippen molar-refractivity contribution in [1.82, 2.24) is 20.2 Å². The number of halogens is 5. The largest absolute Gasteiger partial charge is 0.573 e. The van der Waals surface area contributed by atoms with Crippen LogP contribution in [0.25, 0.3) is 11.0 Å². The lowest BCUT2D eigenvalue weighted by atomic mass is 9.85. The zero-order valence-electron chi connectivity index (χ0n) is 25.6. The number of carboxylic acid groups (broad SMARTS) is 1. The van der Waals surface area contributed by atoms with E-state index < -0.39 is 83.4 Å². The first-order valence-corrected chi connectivity index (χ1v) is 14.8. The molecule has 2 aromatic rings. The molecule has 1 aliphatic carbocycles. The van der Waals surface area contributed by atoms with Crippen LogP contribution in [-0.4, -0.2) is 87.9 Å². The predicted octanol–water partition coefficient (Wildman–Crippen LogP) is 4.70. The van der Waals surface area contributed by atoms with Gasteiger partial charge in [0.05, 0.1) is 30.3 Å².